The Morgan fingerprint density at radius 3 is 2.57 bits per heavy atom. The van der Waals surface area contributed by atoms with Crippen LogP contribution in [0.15, 0.2) is 29.7 Å². The van der Waals surface area contributed by atoms with Crippen LogP contribution in [0.2, 0.25) is 0 Å². The molecule has 14 heavy (non-hydrogen) atoms. The highest BCUT2D eigenvalue weighted by Gasteiger charge is 2.11. The van der Waals surface area contributed by atoms with E-state index in [1.54, 1.807) is 7.11 Å². The van der Waals surface area contributed by atoms with Gasteiger partial charge in [0, 0.05) is 5.41 Å². The number of benzene rings is 1. The van der Waals surface area contributed by atoms with E-state index in [0.29, 0.717) is 0 Å². The Bertz CT molecular complexity index is 350. The van der Waals surface area contributed by atoms with Gasteiger partial charge in [0.15, 0.2) is 0 Å². The van der Waals surface area contributed by atoms with Crippen LogP contribution in [0.4, 0.5) is 0 Å². The molecule has 5 heteroatoms. The van der Waals surface area contributed by atoms with Gasteiger partial charge in [-0.05, 0) is 41.8 Å². The van der Waals surface area contributed by atoms with Gasteiger partial charge in [-0.2, -0.15) is 0 Å². The van der Waals surface area contributed by atoms with Crippen molar-refractivity contribution in [3.05, 3.63) is 35.2 Å². The minimum Gasteiger partial charge on any atom is -0.497 e. The van der Waals surface area contributed by atoms with Gasteiger partial charge in [-0.3, -0.25) is 5.43 Å². The van der Waals surface area contributed by atoms with Crippen LogP contribution in [0.1, 0.15) is 5.56 Å². The third-order valence-corrected chi connectivity index (χ3v) is 2.58. The molecule has 0 aliphatic carbocycles. The van der Waals surface area contributed by atoms with Gasteiger partial charge in [-0.15, -0.1) is 0 Å². The molecule has 1 aromatic carbocycles. The van der Waals surface area contributed by atoms with E-state index in [1.165, 1.54) is 16.5 Å². The molecular formula is C9H11N3OS. The van der Waals surface area contributed by atoms with Crippen molar-refractivity contribution >= 4 is 17.6 Å². The molecule has 0 bridgehead atoms. The van der Waals surface area contributed by atoms with Crippen LogP contribution in [0.3, 0.4) is 0 Å². The van der Waals surface area contributed by atoms with Gasteiger partial charge in [0.1, 0.15) is 5.75 Å². The lowest BCUT2D eigenvalue weighted by Crippen LogP contribution is -2.32. The number of nitrogens with one attached hydrogen (secondary N) is 1. The summed E-state index contributed by atoms with van der Waals surface area (Å²) in [6, 6.07) is 7.80. The maximum atomic E-state index is 5.53. The standard InChI is InChI=1S/C9H11N3OS/c1-13-8-4-2-7(3-5-8)9-6-14-12(10)11-9/h2-6,11H,10H2,1H3. The van der Waals surface area contributed by atoms with Crippen molar-refractivity contribution in [2.24, 2.45) is 5.84 Å². The molecule has 4 nitrogen and oxygen atoms in total. The first-order valence-corrected chi connectivity index (χ1v) is 4.96. The van der Waals surface area contributed by atoms with E-state index in [-0.39, 0.29) is 0 Å². The SMILES string of the molecule is COc1ccc(C2=CSN(N)N2)cc1. The zero-order valence-corrected chi connectivity index (χ0v) is 8.54. The lowest BCUT2D eigenvalue weighted by Gasteiger charge is -2.09. The van der Waals surface area contributed by atoms with Crippen molar-refractivity contribution < 1.29 is 4.74 Å². The van der Waals surface area contributed by atoms with Crippen molar-refractivity contribution in [1.29, 1.82) is 0 Å². The molecule has 1 aromatic rings. The topological polar surface area (TPSA) is 50.5 Å². The first-order valence-electron chi connectivity index (χ1n) is 4.12. The van der Waals surface area contributed by atoms with E-state index in [2.05, 4.69) is 5.43 Å². The number of nitrogens with zero attached hydrogens (tertiary/aromatic N) is 1. The lowest BCUT2D eigenvalue weighted by atomic mass is 10.2. The predicted molar refractivity (Wildman–Crippen MR) is 57.7 cm³/mol. The molecule has 0 unspecified atom stereocenters. The second-order valence-corrected chi connectivity index (χ2v) is 3.64. The summed E-state index contributed by atoms with van der Waals surface area (Å²) in [6.07, 6.45) is 0. The van der Waals surface area contributed by atoms with Crippen LogP contribution in [0.25, 0.3) is 5.70 Å². The molecule has 0 aromatic heterocycles. The summed E-state index contributed by atoms with van der Waals surface area (Å²) in [6.45, 7) is 0. The minimum absolute atomic E-state index is 0.851. The number of ether oxygens (including phenoxy) is 1. The molecule has 1 heterocycles. The summed E-state index contributed by atoms with van der Waals surface area (Å²) in [4.78, 5) is 0. The van der Waals surface area contributed by atoms with E-state index < -0.39 is 0 Å². The molecule has 0 radical (unpaired) electrons. The molecule has 74 valence electrons. The van der Waals surface area contributed by atoms with E-state index in [4.69, 9.17) is 10.6 Å². The number of hydrogen-bond donors (Lipinski definition) is 2. The Kier molecular flexibility index (Phi) is 2.62. The highest BCUT2D eigenvalue weighted by molar-refractivity contribution is 8.00. The van der Waals surface area contributed by atoms with Crippen molar-refractivity contribution in [1.82, 2.24) is 9.95 Å². The highest BCUT2D eigenvalue weighted by atomic mass is 32.2. The van der Waals surface area contributed by atoms with Crippen LogP contribution in [0.5, 0.6) is 5.75 Å². The summed E-state index contributed by atoms with van der Waals surface area (Å²) in [5, 5.41) is 1.96. The van der Waals surface area contributed by atoms with Gasteiger partial charge in [0.05, 0.1) is 12.8 Å². The van der Waals surface area contributed by atoms with E-state index in [1.807, 2.05) is 29.7 Å². The lowest BCUT2D eigenvalue weighted by molar-refractivity contribution is 0.414. The summed E-state index contributed by atoms with van der Waals surface area (Å²) in [7, 11) is 1.65. The molecule has 0 saturated carbocycles. The fourth-order valence-electron chi connectivity index (χ4n) is 1.18. The van der Waals surface area contributed by atoms with Gasteiger partial charge < -0.3 is 4.74 Å². The number of methoxy groups -OCH3 is 1. The highest BCUT2D eigenvalue weighted by Crippen LogP contribution is 2.24. The Hall–Kier alpha value is -1.17. The van der Waals surface area contributed by atoms with Gasteiger partial charge in [-0.25, -0.2) is 5.84 Å². The summed E-state index contributed by atoms with van der Waals surface area (Å²) >= 11 is 1.42. The van der Waals surface area contributed by atoms with Crippen molar-refractivity contribution in [2.75, 3.05) is 7.11 Å². The molecule has 0 saturated heterocycles. The third kappa shape index (κ3) is 1.84. The van der Waals surface area contributed by atoms with Crippen LogP contribution in [-0.4, -0.2) is 11.6 Å². The largest absolute Gasteiger partial charge is 0.497 e. The van der Waals surface area contributed by atoms with Crippen LogP contribution >= 0.6 is 11.9 Å². The number of hydrazine groups is 2. The van der Waals surface area contributed by atoms with E-state index in [9.17, 15) is 0 Å². The molecule has 0 spiro atoms. The molecular weight excluding hydrogens is 198 g/mol. The fraction of sp³-hybridized carbons (Fsp3) is 0.111. The maximum Gasteiger partial charge on any atom is 0.118 e. The fourth-order valence-corrected chi connectivity index (χ4v) is 1.74. The predicted octanol–water partition coefficient (Wildman–Crippen LogP) is 1.34. The first kappa shape index (κ1) is 9.39. The smallest absolute Gasteiger partial charge is 0.118 e. The van der Waals surface area contributed by atoms with Gasteiger partial charge in [0.25, 0.3) is 0 Å². The van der Waals surface area contributed by atoms with E-state index in [0.717, 1.165) is 17.0 Å². The maximum absolute atomic E-state index is 5.53. The Balaban J connectivity index is 2.17. The second kappa shape index (κ2) is 3.91. The molecule has 2 rings (SSSR count). The summed E-state index contributed by atoms with van der Waals surface area (Å²) in [5.74, 6) is 6.38. The molecule has 0 amide bonds. The van der Waals surface area contributed by atoms with Crippen molar-refractivity contribution in [3.63, 3.8) is 0 Å². The Morgan fingerprint density at radius 1 is 1.36 bits per heavy atom. The summed E-state index contributed by atoms with van der Waals surface area (Å²) < 4.78 is 6.53. The summed E-state index contributed by atoms with van der Waals surface area (Å²) in [5.41, 5.74) is 5.09. The molecule has 1 aliphatic rings. The van der Waals surface area contributed by atoms with E-state index >= 15 is 0 Å². The Labute approximate surface area is 86.8 Å². The number of nitrogens with two attached hydrogens (primary N) is 1. The normalized spacial score (nSPS) is 16.3. The molecule has 0 atom stereocenters. The average Bonchev–Trinajstić information content (AvgIpc) is 2.65. The van der Waals surface area contributed by atoms with Gasteiger partial charge >= 0.3 is 0 Å². The van der Waals surface area contributed by atoms with Crippen molar-refractivity contribution in [2.45, 2.75) is 0 Å². The monoisotopic (exact) mass is 209 g/mol. The van der Waals surface area contributed by atoms with Crippen LogP contribution in [0, 0.1) is 0 Å². The Morgan fingerprint density at radius 2 is 2.07 bits per heavy atom. The van der Waals surface area contributed by atoms with Gasteiger partial charge in [0.2, 0.25) is 0 Å². The third-order valence-electron chi connectivity index (χ3n) is 1.92. The minimum atomic E-state index is 0.851. The van der Waals surface area contributed by atoms with Crippen molar-refractivity contribution in [3.8, 4) is 5.75 Å². The number of rotatable bonds is 2. The molecule has 0 fully saturated rings. The first-order chi connectivity index (χ1) is 6.79. The quantitative estimate of drug-likeness (QED) is 0.568. The molecule has 1 aliphatic heterocycles. The zero-order valence-electron chi connectivity index (χ0n) is 7.73. The average molecular weight is 209 g/mol. The number of hydrogen-bond acceptors (Lipinski definition) is 5. The van der Waals surface area contributed by atoms with Crippen LogP contribution in [-0.2, 0) is 0 Å². The second-order valence-electron chi connectivity index (χ2n) is 2.80. The zero-order chi connectivity index (χ0) is 9.97. The van der Waals surface area contributed by atoms with Crippen LogP contribution < -0.4 is 16.0 Å². The molecule has 3 N–H and O–H groups in total. The van der Waals surface area contributed by atoms with Gasteiger partial charge in [-0.1, -0.05) is 4.52 Å².